The molecule has 0 bridgehead atoms. The molecule has 1 aromatic carbocycles. The van der Waals surface area contributed by atoms with Gasteiger partial charge in [0, 0.05) is 6.54 Å². The average molecular weight is 311 g/mol. The van der Waals surface area contributed by atoms with Crippen molar-refractivity contribution in [3.8, 4) is 0 Å². The van der Waals surface area contributed by atoms with E-state index in [2.05, 4.69) is 57.5 Å². The SMILES string of the molecule is CC1CN(c2ncnc3sccc23)C(c2ccccc2)CO1. The van der Waals surface area contributed by atoms with Gasteiger partial charge in [0.25, 0.3) is 0 Å². The number of rotatable bonds is 2. The third-order valence-corrected chi connectivity index (χ3v) is 4.89. The van der Waals surface area contributed by atoms with Crippen LogP contribution in [0.4, 0.5) is 5.82 Å². The van der Waals surface area contributed by atoms with Gasteiger partial charge in [0.15, 0.2) is 0 Å². The van der Waals surface area contributed by atoms with Gasteiger partial charge in [-0.05, 0) is 23.9 Å². The molecule has 1 aliphatic heterocycles. The van der Waals surface area contributed by atoms with E-state index in [1.54, 1.807) is 17.7 Å². The fraction of sp³-hybridized carbons (Fsp3) is 0.294. The van der Waals surface area contributed by atoms with Crippen LogP contribution >= 0.6 is 11.3 Å². The fourth-order valence-electron chi connectivity index (χ4n) is 2.99. The van der Waals surface area contributed by atoms with Gasteiger partial charge >= 0.3 is 0 Å². The summed E-state index contributed by atoms with van der Waals surface area (Å²) >= 11 is 1.65. The molecule has 1 fully saturated rings. The summed E-state index contributed by atoms with van der Waals surface area (Å²) in [6.07, 6.45) is 1.86. The van der Waals surface area contributed by atoms with Gasteiger partial charge in [-0.25, -0.2) is 9.97 Å². The van der Waals surface area contributed by atoms with Crippen LogP contribution < -0.4 is 4.90 Å². The Balaban J connectivity index is 1.80. The van der Waals surface area contributed by atoms with Crippen molar-refractivity contribution < 1.29 is 4.74 Å². The Kier molecular flexibility index (Phi) is 3.52. The highest BCUT2D eigenvalue weighted by atomic mass is 32.1. The molecule has 0 amide bonds. The zero-order valence-corrected chi connectivity index (χ0v) is 13.2. The summed E-state index contributed by atoms with van der Waals surface area (Å²) in [4.78, 5) is 12.3. The van der Waals surface area contributed by atoms with Crippen LogP contribution in [0.3, 0.4) is 0 Å². The van der Waals surface area contributed by atoms with E-state index in [4.69, 9.17) is 4.74 Å². The Morgan fingerprint density at radius 3 is 2.91 bits per heavy atom. The molecule has 0 aliphatic carbocycles. The number of benzene rings is 1. The Morgan fingerprint density at radius 2 is 2.05 bits per heavy atom. The van der Waals surface area contributed by atoms with Gasteiger partial charge in [0.05, 0.1) is 24.1 Å². The zero-order valence-electron chi connectivity index (χ0n) is 12.3. The number of nitrogens with zero attached hydrogens (tertiary/aromatic N) is 3. The van der Waals surface area contributed by atoms with Crippen molar-refractivity contribution in [2.45, 2.75) is 19.1 Å². The Morgan fingerprint density at radius 1 is 1.18 bits per heavy atom. The molecule has 3 heterocycles. The van der Waals surface area contributed by atoms with Crippen molar-refractivity contribution >= 4 is 27.4 Å². The topological polar surface area (TPSA) is 38.2 Å². The summed E-state index contributed by atoms with van der Waals surface area (Å²) in [5.41, 5.74) is 1.26. The first-order valence-corrected chi connectivity index (χ1v) is 8.32. The molecule has 5 heteroatoms. The molecule has 0 radical (unpaired) electrons. The van der Waals surface area contributed by atoms with Crippen LogP contribution in [0.1, 0.15) is 18.5 Å². The molecule has 1 saturated heterocycles. The van der Waals surface area contributed by atoms with E-state index < -0.39 is 0 Å². The van der Waals surface area contributed by atoms with E-state index >= 15 is 0 Å². The molecular weight excluding hydrogens is 294 g/mol. The molecule has 22 heavy (non-hydrogen) atoms. The van der Waals surface area contributed by atoms with Crippen LogP contribution in [0.25, 0.3) is 10.2 Å². The number of aromatic nitrogens is 2. The monoisotopic (exact) mass is 311 g/mol. The van der Waals surface area contributed by atoms with Crippen LogP contribution in [-0.2, 0) is 4.74 Å². The van der Waals surface area contributed by atoms with E-state index in [1.807, 2.05) is 6.07 Å². The lowest BCUT2D eigenvalue weighted by molar-refractivity contribution is 0.0301. The normalized spacial score (nSPS) is 22.1. The molecule has 0 spiro atoms. The minimum absolute atomic E-state index is 0.190. The Hall–Kier alpha value is -1.98. The molecule has 2 atom stereocenters. The van der Waals surface area contributed by atoms with Crippen molar-refractivity contribution in [3.63, 3.8) is 0 Å². The number of hydrogen-bond donors (Lipinski definition) is 0. The first-order valence-electron chi connectivity index (χ1n) is 7.44. The number of morpholine rings is 1. The number of hydrogen-bond acceptors (Lipinski definition) is 5. The van der Waals surface area contributed by atoms with Gasteiger partial charge in [-0.3, -0.25) is 0 Å². The molecular formula is C17H17N3OS. The van der Waals surface area contributed by atoms with Crippen LogP contribution in [0.5, 0.6) is 0 Å². The number of anilines is 1. The summed E-state index contributed by atoms with van der Waals surface area (Å²) in [7, 11) is 0. The second-order valence-corrected chi connectivity index (χ2v) is 6.45. The van der Waals surface area contributed by atoms with Gasteiger partial charge < -0.3 is 9.64 Å². The highest BCUT2D eigenvalue weighted by Gasteiger charge is 2.30. The maximum atomic E-state index is 5.91. The predicted octanol–water partition coefficient (Wildman–Crippen LogP) is 3.66. The highest BCUT2D eigenvalue weighted by molar-refractivity contribution is 7.16. The maximum absolute atomic E-state index is 5.91. The Labute approximate surface area is 133 Å². The van der Waals surface area contributed by atoms with E-state index in [1.165, 1.54) is 5.56 Å². The van der Waals surface area contributed by atoms with Crippen molar-refractivity contribution in [1.29, 1.82) is 0 Å². The summed E-state index contributed by atoms with van der Waals surface area (Å²) in [5.74, 6) is 1.01. The number of thiophene rings is 1. The fourth-order valence-corrected chi connectivity index (χ4v) is 3.72. The summed E-state index contributed by atoms with van der Waals surface area (Å²) in [6.45, 7) is 3.63. The summed E-state index contributed by atoms with van der Waals surface area (Å²) in [6, 6.07) is 12.8. The molecule has 112 valence electrons. The molecule has 3 aromatic rings. The molecule has 0 N–H and O–H groups in total. The first kappa shape index (κ1) is 13.7. The third-order valence-electron chi connectivity index (χ3n) is 4.07. The van der Waals surface area contributed by atoms with E-state index in [0.29, 0.717) is 6.61 Å². The minimum atomic E-state index is 0.190. The van der Waals surface area contributed by atoms with Crippen LogP contribution in [0, 0.1) is 0 Å². The summed E-state index contributed by atoms with van der Waals surface area (Å²) in [5, 5.41) is 3.20. The maximum Gasteiger partial charge on any atom is 0.141 e. The van der Waals surface area contributed by atoms with Crippen molar-refractivity contribution in [2.24, 2.45) is 0 Å². The lowest BCUT2D eigenvalue weighted by Crippen LogP contribution is -2.44. The molecule has 2 unspecified atom stereocenters. The second-order valence-electron chi connectivity index (χ2n) is 5.56. The lowest BCUT2D eigenvalue weighted by atomic mass is 10.0. The Bertz CT molecular complexity index is 774. The minimum Gasteiger partial charge on any atom is -0.374 e. The van der Waals surface area contributed by atoms with Crippen molar-refractivity contribution in [3.05, 3.63) is 53.7 Å². The van der Waals surface area contributed by atoms with Crippen molar-refractivity contribution in [2.75, 3.05) is 18.1 Å². The molecule has 2 aromatic heterocycles. The zero-order chi connectivity index (χ0) is 14.9. The van der Waals surface area contributed by atoms with E-state index in [0.717, 1.165) is 22.6 Å². The van der Waals surface area contributed by atoms with Gasteiger partial charge in [0.2, 0.25) is 0 Å². The number of ether oxygens (including phenoxy) is 1. The molecule has 1 aliphatic rings. The van der Waals surface area contributed by atoms with Gasteiger partial charge in [0.1, 0.15) is 17.0 Å². The van der Waals surface area contributed by atoms with E-state index in [9.17, 15) is 0 Å². The molecule has 0 saturated carbocycles. The first-order chi connectivity index (χ1) is 10.8. The third kappa shape index (κ3) is 2.36. The van der Waals surface area contributed by atoms with Crippen LogP contribution in [0.15, 0.2) is 48.1 Å². The number of fused-ring (bicyclic) bond motifs is 1. The standard InChI is InChI=1S/C17H17N3OS/c1-12-9-20(15(10-21-12)13-5-3-2-4-6-13)16-14-7-8-22-17(14)19-11-18-16/h2-8,11-12,15H,9-10H2,1H3. The van der Waals surface area contributed by atoms with E-state index in [-0.39, 0.29) is 12.1 Å². The summed E-state index contributed by atoms with van der Waals surface area (Å²) < 4.78 is 5.91. The highest BCUT2D eigenvalue weighted by Crippen LogP contribution is 2.35. The molecule has 4 rings (SSSR count). The van der Waals surface area contributed by atoms with Crippen LogP contribution in [-0.4, -0.2) is 29.2 Å². The predicted molar refractivity (Wildman–Crippen MR) is 89.4 cm³/mol. The van der Waals surface area contributed by atoms with Crippen LogP contribution in [0.2, 0.25) is 0 Å². The van der Waals surface area contributed by atoms with Gasteiger partial charge in [-0.2, -0.15) is 0 Å². The molecule has 4 nitrogen and oxygen atoms in total. The second kappa shape index (κ2) is 5.66. The smallest absolute Gasteiger partial charge is 0.141 e. The lowest BCUT2D eigenvalue weighted by Gasteiger charge is -2.40. The quantitative estimate of drug-likeness (QED) is 0.724. The van der Waals surface area contributed by atoms with Gasteiger partial charge in [-0.1, -0.05) is 30.3 Å². The van der Waals surface area contributed by atoms with Crippen molar-refractivity contribution in [1.82, 2.24) is 9.97 Å². The average Bonchev–Trinajstić information content (AvgIpc) is 3.04. The largest absolute Gasteiger partial charge is 0.374 e. The van der Waals surface area contributed by atoms with Gasteiger partial charge in [-0.15, -0.1) is 11.3 Å².